The van der Waals surface area contributed by atoms with Crippen molar-refractivity contribution >= 4 is 23.2 Å². The van der Waals surface area contributed by atoms with Crippen LogP contribution in [0.4, 0.5) is 0 Å². The van der Waals surface area contributed by atoms with Gasteiger partial charge in [0.25, 0.3) is 0 Å². The zero-order chi connectivity index (χ0) is 35.4. The Morgan fingerprint density at radius 3 is 1.66 bits per heavy atom. The van der Waals surface area contributed by atoms with E-state index < -0.39 is 12.6 Å². The Bertz CT molecular complexity index is 1630. The van der Waals surface area contributed by atoms with E-state index >= 15 is 0 Å². The number of hydrogen-bond donors (Lipinski definition) is 1. The Kier molecular flexibility index (Phi) is 8.12. The predicted molar refractivity (Wildman–Crippen MR) is 216 cm³/mol. The quantitative estimate of drug-likeness (QED) is 0.209. The molecule has 50 heavy (non-hydrogen) atoms. The summed E-state index contributed by atoms with van der Waals surface area (Å²) in [6.07, 6.45) is 12.7. The number of fused-ring (bicyclic) bond motifs is 7. The van der Waals surface area contributed by atoms with Gasteiger partial charge in [0.1, 0.15) is 0 Å². The van der Waals surface area contributed by atoms with E-state index in [4.69, 9.17) is 0 Å². The molecule has 0 heterocycles. The van der Waals surface area contributed by atoms with Crippen molar-refractivity contribution in [2.24, 2.45) is 56.7 Å². The second-order valence-electron chi connectivity index (χ2n) is 19.8. The molecule has 0 aromatic heterocycles. The first-order valence-corrected chi connectivity index (χ1v) is 22.3. The molecule has 1 nitrogen and oxygen atoms in total. The van der Waals surface area contributed by atoms with E-state index in [0.717, 1.165) is 24.7 Å². The van der Waals surface area contributed by atoms with Gasteiger partial charge in [0.15, 0.2) is 0 Å². The molecule has 0 saturated heterocycles. The molecule has 5 aliphatic carbocycles. The van der Waals surface area contributed by atoms with Gasteiger partial charge in [-0.25, -0.2) is 0 Å². The molecule has 5 aliphatic rings. The van der Waals surface area contributed by atoms with Crippen LogP contribution in [0.25, 0.3) is 0 Å². The monoisotopic (exact) mass is 688 g/mol. The van der Waals surface area contributed by atoms with Gasteiger partial charge in [-0.3, -0.25) is 0 Å². The van der Waals surface area contributed by atoms with E-state index in [1.54, 1.807) is 0 Å². The molecule has 0 unspecified atom stereocenters. The second kappa shape index (κ2) is 11.6. The molecule has 5 fully saturated rings. The van der Waals surface area contributed by atoms with Gasteiger partial charge in [0, 0.05) is 0 Å². The van der Waals surface area contributed by atoms with Gasteiger partial charge in [-0.1, -0.05) is 0 Å². The molecule has 0 spiro atoms. The van der Waals surface area contributed by atoms with Crippen molar-refractivity contribution in [2.45, 2.75) is 118 Å². The van der Waals surface area contributed by atoms with Crippen LogP contribution in [-0.4, -0.2) is 10.4 Å². The molecule has 2 heteroatoms. The first kappa shape index (κ1) is 34.9. The van der Waals surface area contributed by atoms with Crippen LogP contribution in [-0.2, 0) is 0 Å². The molecule has 8 rings (SSSR count). The molecule has 3 aromatic rings. The van der Waals surface area contributed by atoms with Crippen molar-refractivity contribution in [1.29, 1.82) is 0 Å². The molecule has 0 bridgehead atoms. The molecule has 0 amide bonds. The SMILES string of the molecule is C=C(C)[C@@H]1CC[C@]2(C)CC[C@]3(C)[C@H](CC[C@@H]4[C@@]5(C)CC[C@](O)([PH](c6ccccc6)(c6ccccc6)c6ccccc6)C(C)(C)[C@@H]5CC[C@]43C)[C@@H]12. The minimum absolute atomic E-state index is 0.199. The Balaban J connectivity index is 1.24. The van der Waals surface area contributed by atoms with Crippen LogP contribution in [0.3, 0.4) is 0 Å². The van der Waals surface area contributed by atoms with Crippen molar-refractivity contribution in [2.75, 3.05) is 0 Å². The zero-order valence-corrected chi connectivity index (χ0v) is 33.3. The summed E-state index contributed by atoms with van der Waals surface area (Å²) < 4.78 is 0. The van der Waals surface area contributed by atoms with Gasteiger partial charge in [-0.05, 0) is 0 Å². The molecule has 5 saturated carbocycles. The van der Waals surface area contributed by atoms with Crippen molar-refractivity contribution in [1.82, 2.24) is 0 Å². The van der Waals surface area contributed by atoms with Crippen LogP contribution in [0.2, 0.25) is 0 Å². The van der Waals surface area contributed by atoms with Gasteiger partial charge >= 0.3 is 306 Å². The van der Waals surface area contributed by atoms with Crippen LogP contribution < -0.4 is 15.9 Å². The number of hydrogen-bond acceptors (Lipinski definition) is 1. The number of aliphatic hydroxyl groups is 1. The van der Waals surface area contributed by atoms with E-state index in [0.29, 0.717) is 34.0 Å². The van der Waals surface area contributed by atoms with Crippen molar-refractivity contribution in [3.8, 4) is 0 Å². The summed E-state index contributed by atoms with van der Waals surface area (Å²) in [5.41, 5.74) is 2.53. The van der Waals surface area contributed by atoms with Crippen LogP contribution in [0.5, 0.6) is 0 Å². The fourth-order valence-electron chi connectivity index (χ4n) is 15.4. The number of allylic oxidation sites excluding steroid dienone is 1. The number of rotatable bonds is 5. The standard InChI is InChI=1S/C48H65OP/c1-34(2)38-26-28-44(5)30-32-46(7)39(42(38)44)24-25-41-45(6)31-33-48(49,43(3,4)40(45)27-29-47(41,46)8)50(35-18-12-9-13-19-35,36-20-14-10-15-21-36)37-22-16-11-17-23-37/h9-23,38-42,49-50H,1,24-33H2,2-8H3/t38-,39+,40-,41+,42+,44+,45-,46+,47+,48-/m0/s1. The topological polar surface area (TPSA) is 20.2 Å². The van der Waals surface area contributed by atoms with Crippen molar-refractivity contribution < 1.29 is 5.11 Å². The molecule has 0 aliphatic heterocycles. The summed E-state index contributed by atoms with van der Waals surface area (Å²) in [6.45, 7) is 22.8. The third-order valence-corrected chi connectivity index (χ3v) is 23.7. The van der Waals surface area contributed by atoms with E-state index in [2.05, 4.69) is 146 Å². The normalized spacial score (nSPS) is 42.4. The molecule has 1 N–H and O–H groups in total. The van der Waals surface area contributed by atoms with E-state index in [1.165, 1.54) is 72.9 Å². The van der Waals surface area contributed by atoms with Gasteiger partial charge in [0.2, 0.25) is 0 Å². The van der Waals surface area contributed by atoms with Gasteiger partial charge in [-0.2, -0.15) is 0 Å². The number of benzene rings is 3. The average molecular weight is 689 g/mol. The van der Waals surface area contributed by atoms with Crippen LogP contribution in [0.15, 0.2) is 103 Å². The van der Waals surface area contributed by atoms with Gasteiger partial charge < -0.3 is 0 Å². The van der Waals surface area contributed by atoms with Crippen LogP contribution in [0.1, 0.15) is 113 Å². The summed E-state index contributed by atoms with van der Waals surface area (Å²) in [7, 11) is -2.99. The maximum atomic E-state index is 14.2. The van der Waals surface area contributed by atoms with Crippen molar-refractivity contribution in [3.05, 3.63) is 103 Å². The summed E-state index contributed by atoms with van der Waals surface area (Å²) in [4.78, 5) is 0. The van der Waals surface area contributed by atoms with Crippen LogP contribution >= 0.6 is 7.26 Å². The summed E-state index contributed by atoms with van der Waals surface area (Å²) in [6, 6.07) is 33.7. The molecule has 3 aromatic carbocycles. The Morgan fingerprint density at radius 1 is 0.600 bits per heavy atom. The van der Waals surface area contributed by atoms with E-state index in [9.17, 15) is 5.11 Å². The average Bonchev–Trinajstić information content (AvgIpc) is 3.47. The molecular weight excluding hydrogens is 624 g/mol. The van der Waals surface area contributed by atoms with Gasteiger partial charge in [0.05, 0.1) is 0 Å². The Morgan fingerprint density at radius 2 is 1.14 bits per heavy atom. The minimum atomic E-state index is -2.99. The Hall–Kier alpha value is -2.21. The fourth-order valence-corrected chi connectivity index (χ4v) is 21.6. The van der Waals surface area contributed by atoms with Gasteiger partial charge in [-0.15, -0.1) is 0 Å². The maximum absolute atomic E-state index is 14.2. The molecule has 268 valence electrons. The van der Waals surface area contributed by atoms with Crippen molar-refractivity contribution in [3.63, 3.8) is 0 Å². The third-order valence-electron chi connectivity index (χ3n) is 18.0. The molecule has 10 atom stereocenters. The third kappa shape index (κ3) is 4.32. The first-order valence-electron chi connectivity index (χ1n) is 20.3. The predicted octanol–water partition coefficient (Wildman–Crippen LogP) is 11.1. The zero-order valence-electron chi connectivity index (χ0n) is 32.3. The van der Waals surface area contributed by atoms with E-state index in [-0.39, 0.29) is 10.8 Å². The summed E-state index contributed by atoms with van der Waals surface area (Å²) in [5, 5.41) is 17.3. The first-order chi connectivity index (χ1) is 23.7. The summed E-state index contributed by atoms with van der Waals surface area (Å²) in [5.74, 6) is 3.44. The summed E-state index contributed by atoms with van der Waals surface area (Å²) >= 11 is 0. The second-order valence-corrected chi connectivity index (χ2v) is 23.8. The van der Waals surface area contributed by atoms with Crippen LogP contribution in [0, 0.1) is 56.7 Å². The fraction of sp³-hybridized carbons (Fsp3) is 0.583. The molecule has 0 radical (unpaired) electrons. The van der Waals surface area contributed by atoms with E-state index in [1.807, 2.05) is 0 Å². The molecular formula is C48H65OP. The Labute approximate surface area is 305 Å².